The van der Waals surface area contributed by atoms with Crippen LogP contribution in [-0.2, 0) is 5.54 Å². The molecule has 0 aliphatic heterocycles. The quantitative estimate of drug-likeness (QED) is 0.648. The molecule has 3 N–H and O–H groups in total. The molecule has 0 spiro atoms. The smallest absolute Gasteiger partial charge is 0.200 e. The number of nitrogens with two attached hydrogens (primary N) is 1. The lowest BCUT2D eigenvalue weighted by atomic mass is 10.0. The van der Waals surface area contributed by atoms with Gasteiger partial charge in [0.05, 0.1) is 17.4 Å². The highest BCUT2D eigenvalue weighted by Gasteiger charge is 2.15. The van der Waals surface area contributed by atoms with Crippen LogP contribution in [0.4, 0.5) is 0 Å². The highest BCUT2D eigenvalue weighted by atomic mass is 35.5. The highest BCUT2D eigenvalue weighted by molar-refractivity contribution is 6.28. The average Bonchev–Trinajstić information content (AvgIpc) is 2.11. The van der Waals surface area contributed by atoms with Crippen molar-refractivity contribution < 1.29 is 0 Å². The minimum atomic E-state index is -0.389. The van der Waals surface area contributed by atoms with Gasteiger partial charge in [-0.25, -0.2) is 4.98 Å². The molecule has 0 amide bonds. The molecule has 1 aromatic rings. The fraction of sp³-hybridized carbons (Fsp3) is 0.500. The Kier molecular flexibility index (Phi) is 1.70. The minimum absolute atomic E-state index is 0.383. The van der Waals surface area contributed by atoms with Crippen LogP contribution >= 0.6 is 11.6 Å². The van der Waals surface area contributed by atoms with Gasteiger partial charge in [-0.3, -0.25) is 0 Å². The van der Waals surface area contributed by atoms with Crippen LogP contribution in [0.5, 0.6) is 0 Å². The number of halogens is 1. The highest BCUT2D eigenvalue weighted by Crippen LogP contribution is 2.15. The molecule has 1 heterocycles. The number of aromatic amines is 1. The maximum atomic E-state index is 5.74. The monoisotopic (exact) mass is 159 g/mol. The van der Waals surface area contributed by atoms with Gasteiger partial charge < -0.3 is 10.7 Å². The SMILES string of the molecule is CC(C)(N)c1cnc(Cl)[nH]1. The third-order valence-electron chi connectivity index (χ3n) is 1.24. The number of nitrogens with zero attached hydrogens (tertiary/aromatic N) is 1. The fourth-order valence-electron chi connectivity index (χ4n) is 0.624. The molecular formula is C6H10ClN3. The molecule has 1 rings (SSSR count). The van der Waals surface area contributed by atoms with Crippen LogP contribution in [0, 0.1) is 0 Å². The van der Waals surface area contributed by atoms with Gasteiger partial charge in [0.1, 0.15) is 0 Å². The molecule has 0 unspecified atom stereocenters. The number of hydrogen-bond acceptors (Lipinski definition) is 2. The summed E-state index contributed by atoms with van der Waals surface area (Å²) < 4.78 is 0. The summed E-state index contributed by atoms with van der Waals surface area (Å²) >= 11 is 5.54. The molecule has 0 aliphatic rings. The summed E-state index contributed by atoms with van der Waals surface area (Å²) in [7, 11) is 0. The molecule has 1 aromatic heterocycles. The van der Waals surface area contributed by atoms with Gasteiger partial charge in [-0.2, -0.15) is 0 Å². The second-order valence-corrected chi connectivity index (χ2v) is 3.17. The molecule has 0 bridgehead atoms. The van der Waals surface area contributed by atoms with E-state index in [0.29, 0.717) is 5.28 Å². The second kappa shape index (κ2) is 2.25. The van der Waals surface area contributed by atoms with Crippen molar-refractivity contribution in [2.24, 2.45) is 5.73 Å². The van der Waals surface area contributed by atoms with Crippen LogP contribution in [0.25, 0.3) is 0 Å². The zero-order chi connectivity index (χ0) is 7.78. The van der Waals surface area contributed by atoms with Crippen LogP contribution in [0.2, 0.25) is 5.28 Å². The van der Waals surface area contributed by atoms with Gasteiger partial charge in [0, 0.05) is 0 Å². The number of imidazole rings is 1. The maximum absolute atomic E-state index is 5.74. The molecule has 4 heteroatoms. The van der Waals surface area contributed by atoms with E-state index in [1.165, 1.54) is 0 Å². The number of nitrogens with one attached hydrogen (secondary N) is 1. The third kappa shape index (κ3) is 1.49. The summed E-state index contributed by atoms with van der Waals surface area (Å²) in [5.41, 5.74) is 6.20. The van der Waals surface area contributed by atoms with E-state index in [9.17, 15) is 0 Å². The van der Waals surface area contributed by atoms with Crippen molar-refractivity contribution in [1.82, 2.24) is 9.97 Å². The Bertz CT molecular complexity index is 223. The van der Waals surface area contributed by atoms with Crippen molar-refractivity contribution in [1.29, 1.82) is 0 Å². The molecule has 10 heavy (non-hydrogen) atoms. The topological polar surface area (TPSA) is 54.7 Å². The predicted molar refractivity (Wildman–Crippen MR) is 40.8 cm³/mol. The first-order valence-electron chi connectivity index (χ1n) is 3.00. The average molecular weight is 160 g/mol. The molecule has 56 valence electrons. The summed E-state index contributed by atoms with van der Waals surface area (Å²) in [6.45, 7) is 3.77. The van der Waals surface area contributed by atoms with E-state index in [0.717, 1.165) is 5.69 Å². The minimum Gasteiger partial charge on any atom is -0.331 e. The van der Waals surface area contributed by atoms with E-state index in [1.807, 2.05) is 13.8 Å². The van der Waals surface area contributed by atoms with Gasteiger partial charge in [-0.15, -0.1) is 0 Å². The Morgan fingerprint density at radius 3 is 2.50 bits per heavy atom. The van der Waals surface area contributed by atoms with Crippen LogP contribution in [0.1, 0.15) is 19.5 Å². The van der Waals surface area contributed by atoms with Gasteiger partial charge in [0.2, 0.25) is 0 Å². The summed E-state index contributed by atoms with van der Waals surface area (Å²) in [5.74, 6) is 0. The molecule has 3 nitrogen and oxygen atoms in total. The van der Waals surface area contributed by atoms with Gasteiger partial charge >= 0.3 is 0 Å². The number of aromatic nitrogens is 2. The van der Waals surface area contributed by atoms with Crippen LogP contribution in [0.15, 0.2) is 6.20 Å². The summed E-state index contributed by atoms with van der Waals surface area (Å²) in [6, 6.07) is 0. The van der Waals surface area contributed by atoms with Gasteiger partial charge in [0.25, 0.3) is 0 Å². The van der Waals surface area contributed by atoms with Crippen molar-refractivity contribution in [3.63, 3.8) is 0 Å². The lowest BCUT2D eigenvalue weighted by Gasteiger charge is -2.14. The Hall–Kier alpha value is -0.540. The van der Waals surface area contributed by atoms with Crippen molar-refractivity contribution in [2.45, 2.75) is 19.4 Å². The predicted octanol–water partition coefficient (Wildman–Crippen LogP) is 1.26. The zero-order valence-electron chi connectivity index (χ0n) is 5.98. The van der Waals surface area contributed by atoms with Gasteiger partial charge in [0.15, 0.2) is 5.28 Å². The van der Waals surface area contributed by atoms with Crippen molar-refractivity contribution in [2.75, 3.05) is 0 Å². The van der Waals surface area contributed by atoms with Gasteiger partial charge in [-0.05, 0) is 25.4 Å². The zero-order valence-corrected chi connectivity index (χ0v) is 6.74. The maximum Gasteiger partial charge on any atom is 0.200 e. The van der Waals surface area contributed by atoms with Crippen molar-refractivity contribution >= 4 is 11.6 Å². The fourth-order valence-corrected chi connectivity index (χ4v) is 0.775. The van der Waals surface area contributed by atoms with Crippen molar-refractivity contribution in [3.8, 4) is 0 Å². The Labute approximate surface area is 64.6 Å². The summed E-state index contributed by atoms with van der Waals surface area (Å²) in [4.78, 5) is 6.66. The first-order valence-corrected chi connectivity index (χ1v) is 3.38. The van der Waals surface area contributed by atoms with Crippen molar-refractivity contribution in [3.05, 3.63) is 17.2 Å². The van der Waals surface area contributed by atoms with E-state index in [4.69, 9.17) is 17.3 Å². The van der Waals surface area contributed by atoms with Gasteiger partial charge in [-0.1, -0.05) is 0 Å². The molecular weight excluding hydrogens is 150 g/mol. The van der Waals surface area contributed by atoms with Crippen LogP contribution < -0.4 is 5.73 Å². The van der Waals surface area contributed by atoms with E-state index in [-0.39, 0.29) is 5.54 Å². The number of H-pyrrole nitrogens is 1. The first kappa shape index (κ1) is 7.57. The van der Waals surface area contributed by atoms with Crippen LogP contribution in [0.3, 0.4) is 0 Å². The number of rotatable bonds is 1. The third-order valence-corrected chi connectivity index (χ3v) is 1.43. The Balaban J connectivity index is 2.96. The first-order chi connectivity index (χ1) is 4.50. The summed E-state index contributed by atoms with van der Waals surface area (Å²) in [5, 5.41) is 0.383. The number of hydrogen-bond donors (Lipinski definition) is 2. The normalized spacial score (nSPS) is 12.0. The molecule has 0 aromatic carbocycles. The van der Waals surface area contributed by atoms with E-state index in [2.05, 4.69) is 9.97 Å². The van der Waals surface area contributed by atoms with E-state index < -0.39 is 0 Å². The van der Waals surface area contributed by atoms with E-state index in [1.54, 1.807) is 6.20 Å². The van der Waals surface area contributed by atoms with Crippen LogP contribution in [-0.4, -0.2) is 9.97 Å². The standard InChI is InChI=1S/C6H10ClN3/c1-6(2,8)4-3-9-5(7)10-4/h3H,8H2,1-2H3,(H,9,10). The molecule has 0 saturated carbocycles. The molecule has 0 fully saturated rings. The van der Waals surface area contributed by atoms with E-state index >= 15 is 0 Å². The molecule has 0 saturated heterocycles. The second-order valence-electron chi connectivity index (χ2n) is 2.81. The molecule has 0 atom stereocenters. The molecule has 0 radical (unpaired) electrons. The largest absolute Gasteiger partial charge is 0.331 e. The Morgan fingerprint density at radius 2 is 2.30 bits per heavy atom. The lowest BCUT2D eigenvalue weighted by Crippen LogP contribution is -2.28. The Morgan fingerprint density at radius 1 is 1.70 bits per heavy atom. The molecule has 0 aliphatic carbocycles. The summed E-state index contributed by atoms with van der Waals surface area (Å²) in [6.07, 6.45) is 1.64. The lowest BCUT2D eigenvalue weighted by molar-refractivity contribution is 0.538.